The molecule has 3 heteroatoms. The molecular formula is C11H22N2O. The molecule has 1 saturated heterocycles. The minimum Gasteiger partial charge on any atom is -0.348 e. The highest BCUT2D eigenvalue weighted by Gasteiger charge is 2.10. The second kappa shape index (κ2) is 6.82. The van der Waals surface area contributed by atoms with Crippen molar-refractivity contribution in [3.05, 3.63) is 0 Å². The predicted molar refractivity (Wildman–Crippen MR) is 58.2 cm³/mol. The van der Waals surface area contributed by atoms with Gasteiger partial charge >= 0.3 is 0 Å². The normalized spacial score (nSPS) is 22.8. The van der Waals surface area contributed by atoms with E-state index in [2.05, 4.69) is 5.32 Å². The topological polar surface area (TPSA) is 32.3 Å². The van der Waals surface area contributed by atoms with Crippen LogP contribution in [0.1, 0.15) is 38.5 Å². The number of hydrogen-bond acceptors (Lipinski definition) is 2. The molecule has 0 aliphatic carbocycles. The van der Waals surface area contributed by atoms with Gasteiger partial charge in [0.05, 0.1) is 0 Å². The van der Waals surface area contributed by atoms with Gasteiger partial charge in [0.2, 0.25) is 6.41 Å². The Morgan fingerprint density at radius 1 is 1.43 bits per heavy atom. The largest absolute Gasteiger partial charge is 0.348 e. The average Bonchev–Trinajstić information content (AvgIpc) is 2.46. The Labute approximate surface area is 86.9 Å². The van der Waals surface area contributed by atoms with Gasteiger partial charge in [-0.1, -0.05) is 12.8 Å². The maximum Gasteiger partial charge on any atom is 0.209 e. The number of carbonyl (C=O) groups excluding carboxylic acids is 1. The zero-order valence-electron chi connectivity index (χ0n) is 9.17. The van der Waals surface area contributed by atoms with E-state index in [1.165, 1.54) is 38.6 Å². The van der Waals surface area contributed by atoms with Crippen LogP contribution in [0, 0.1) is 0 Å². The molecule has 0 radical (unpaired) electrons. The van der Waals surface area contributed by atoms with E-state index in [4.69, 9.17) is 0 Å². The fourth-order valence-corrected chi connectivity index (χ4v) is 1.99. The van der Waals surface area contributed by atoms with Gasteiger partial charge in [-0.3, -0.25) is 4.79 Å². The second-order valence-corrected chi connectivity index (χ2v) is 4.23. The Morgan fingerprint density at radius 3 is 3.07 bits per heavy atom. The summed E-state index contributed by atoms with van der Waals surface area (Å²) in [5.41, 5.74) is 0. The van der Waals surface area contributed by atoms with Crippen molar-refractivity contribution in [2.24, 2.45) is 0 Å². The predicted octanol–water partition coefficient (Wildman–Crippen LogP) is 1.39. The molecule has 1 N–H and O–H groups in total. The number of carbonyl (C=O) groups is 1. The fraction of sp³-hybridized carbons (Fsp3) is 0.909. The molecule has 0 bridgehead atoms. The summed E-state index contributed by atoms with van der Waals surface area (Å²) < 4.78 is 0. The first kappa shape index (κ1) is 11.5. The molecule has 0 aromatic rings. The molecule has 1 atom stereocenters. The van der Waals surface area contributed by atoms with Crippen LogP contribution in [-0.2, 0) is 4.79 Å². The minimum absolute atomic E-state index is 0.692. The molecule has 1 fully saturated rings. The Kier molecular flexibility index (Phi) is 5.60. The molecule has 14 heavy (non-hydrogen) atoms. The van der Waals surface area contributed by atoms with Crippen LogP contribution < -0.4 is 5.32 Å². The number of amides is 1. The molecule has 1 aliphatic heterocycles. The number of hydrogen-bond donors (Lipinski definition) is 1. The van der Waals surface area contributed by atoms with E-state index in [-0.39, 0.29) is 0 Å². The zero-order valence-corrected chi connectivity index (χ0v) is 9.17. The highest BCUT2D eigenvalue weighted by Crippen LogP contribution is 2.12. The minimum atomic E-state index is 0.692. The summed E-state index contributed by atoms with van der Waals surface area (Å²) >= 11 is 0. The van der Waals surface area contributed by atoms with Gasteiger partial charge in [-0.15, -0.1) is 0 Å². The fourth-order valence-electron chi connectivity index (χ4n) is 1.99. The third-order valence-corrected chi connectivity index (χ3v) is 2.91. The molecule has 1 amide bonds. The standard InChI is InChI=1S/C11H22N2O/c1-13(10-14)9-5-7-11-6-3-2-4-8-12-11/h10-12H,2-9H2,1H3. The maximum absolute atomic E-state index is 10.4. The third-order valence-electron chi connectivity index (χ3n) is 2.91. The summed E-state index contributed by atoms with van der Waals surface area (Å²) in [6, 6.07) is 0.692. The number of nitrogens with zero attached hydrogens (tertiary/aromatic N) is 1. The molecule has 1 unspecified atom stereocenters. The Bertz CT molecular complexity index is 153. The average molecular weight is 198 g/mol. The van der Waals surface area contributed by atoms with E-state index in [0.717, 1.165) is 19.4 Å². The Balaban J connectivity index is 2.07. The van der Waals surface area contributed by atoms with Gasteiger partial charge in [0, 0.05) is 19.6 Å². The van der Waals surface area contributed by atoms with E-state index in [1.54, 1.807) is 4.90 Å². The van der Waals surface area contributed by atoms with Gasteiger partial charge in [-0.25, -0.2) is 0 Å². The summed E-state index contributed by atoms with van der Waals surface area (Å²) in [5.74, 6) is 0. The van der Waals surface area contributed by atoms with Crippen molar-refractivity contribution in [1.29, 1.82) is 0 Å². The van der Waals surface area contributed by atoms with E-state index in [0.29, 0.717) is 6.04 Å². The van der Waals surface area contributed by atoms with Gasteiger partial charge in [0.1, 0.15) is 0 Å². The van der Waals surface area contributed by atoms with Crippen LogP contribution in [0.4, 0.5) is 0 Å². The summed E-state index contributed by atoms with van der Waals surface area (Å²) in [6.07, 6.45) is 8.60. The molecule has 1 rings (SSSR count). The van der Waals surface area contributed by atoms with Crippen LogP contribution >= 0.6 is 0 Å². The van der Waals surface area contributed by atoms with Crippen LogP contribution in [0.25, 0.3) is 0 Å². The first-order valence-electron chi connectivity index (χ1n) is 5.72. The van der Waals surface area contributed by atoms with Crippen molar-refractivity contribution in [1.82, 2.24) is 10.2 Å². The third kappa shape index (κ3) is 4.61. The van der Waals surface area contributed by atoms with Crippen LogP contribution in [0.15, 0.2) is 0 Å². The van der Waals surface area contributed by atoms with Crippen molar-refractivity contribution in [3.8, 4) is 0 Å². The molecule has 3 nitrogen and oxygen atoms in total. The highest BCUT2D eigenvalue weighted by molar-refractivity contribution is 5.46. The molecule has 1 heterocycles. The summed E-state index contributed by atoms with van der Waals surface area (Å²) in [6.45, 7) is 2.07. The first-order chi connectivity index (χ1) is 6.83. The number of nitrogens with one attached hydrogen (secondary N) is 1. The molecule has 0 aromatic carbocycles. The summed E-state index contributed by atoms with van der Waals surface area (Å²) in [7, 11) is 1.84. The van der Waals surface area contributed by atoms with Crippen molar-refractivity contribution in [2.45, 2.75) is 44.6 Å². The van der Waals surface area contributed by atoms with Gasteiger partial charge in [0.15, 0.2) is 0 Å². The maximum atomic E-state index is 10.4. The van der Waals surface area contributed by atoms with Crippen LogP contribution in [0.2, 0.25) is 0 Å². The lowest BCUT2D eigenvalue weighted by molar-refractivity contribution is -0.117. The van der Waals surface area contributed by atoms with Crippen molar-refractivity contribution in [3.63, 3.8) is 0 Å². The summed E-state index contributed by atoms with van der Waals surface area (Å²) in [5, 5.41) is 3.57. The van der Waals surface area contributed by atoms with E-state index in [1.807, 2.05) is 7.05 Å². The highest BCUT2D eigenvalue weighted by atomic mass is 16.1. The first-order valence-corrected chi connectivity index (χ1v) is 5.72. The van der Waals surface area contributed by atoms with Crippen LogP contribution in [0.3, 0.4) is 0 Å². The smallest absolute Gasteiger partial charge is 0.209 e. The zero-order chi connectivity index (χ0) is 10.2. The van der Waals surface area contributed by atoms with Crippen LogP contribution in [0.5, 0.6) is 0 Å². The van der Waals surface area contributed by atoms with Crippen LogP contribution in [-0.4, -0.2) is 37.5 Å². The van der Waals surface area contributed by atoms with E-state index >= 15 is 0 Å². The van der Waals surface area contributed by atoms with Crippen molar-refractivity contribution < 1.29 is 4.79 Å². The SMILES string of the molecule is CN(C=O)CCCC1CCCCCN1. The van der Waals surface area contributed by atoms with Crippen molar-refractivity contribution in [2.75, 3.05) is 20.1 Å². The lowest BCUT2D eigenvalue weighted by atomic mass is 10.1. The lowest BCUT2D eigenvalue weighted by Gasteiger charge is -2.17. The molecule has 82 valence electrons. The number of rotatable bonds is 5. The second-order valence-electron chi connectivity index (χ2n) is 4.23. The Hall–Kier alpha value is -0.570. The van der Waals surface area contributed by atoms with Crippen molar-refractivity contribution >= 4 is 6.41 Å². The molecule has 1 aliphatic rings. The van der Waals surface area contributed by atoms with Gasteiger partial charge in [-0.2, -0.15) is 0 Å². The van der Waals surface area contributed by atoms with Gasteiger partial charge in [0.25, 0.3) is 0 Å². The van der Waals surface area contributed by atoms with Gasteiger partial charge < -0.3 is 10.2 Å². The Morgan fingerprint density at radius 2 is 2.29 bits per heavy atom. The molecule has 0 spiro atoms. The van der Waals surface area contributed by atoms with E-state index in [9.17, 15) is 4.79 Å². The molecule has 0 aromatic heterocycles. The molecular weight excluding hydrogens is 176 g/mol. The van der Waals surface area contributed by atoms with E-state index < -0.39 is 0 Å². The summed E-state index contributed by atoms with van der Waals surface area (Å²) in [4.78, 5) is 12.1. The molecule has 0 saturated carbocycles. The van der Waals surface area contributed by atoms with Gasteiger partial charge in [-0.05, 0) is 32.2 Å². The lowest BCUT2D eigenvalue weighted by Crippen LogP contribution is -2.29. The quantitative estimate of drug-likeness (QED) is 0.677. The monoisotopic (exact) mass is 198 g/mol.